The lowest BCUT2D eigenvalue weighted by atomic mass is 10.1. The van der Waals surface area contributed by atoms with E-state index in [2.05, 4.69) is 15.6 Å². The van der Waals surface area contributed by atoms with Gasteiger partial charge in [0.1, 0.15) is 5.82 Å². The Hall–Kier alpha value is -3.81. The molecule has 3 N–H and O–H groups in total. The van der Waals surface area contributed by atoms with Crippen molar-refractivity contribution in [1.29, 1.82) is 0 Å². The van der Waals surface area contributed by atoms with Gasteiger partial charge in [0.2, 0.25) is 0 Å². The minimum atomic E-state index is -0.998. The van der Waals surface area contributed by atoms with Gasteiger partial charge in [-0.25, -0.2) is 4.39 Å². The van der Waals surface area contributed by atoms with Gasteiger partial charge in [-0.2, -0.15) is 0 Å². The van der Waals surface area contributed by atoms with Crippen molar-refractivity contribution < 1.29 is 23.9 Å². The van der Waals surface area contributed by atoms with Gasteiger partial charge in [-0.3, -0.25) is 19.4 Å². The molecule has 2 amide bonds. The van der Waals surface area contributed by atoms with Crippen molar-refractivity contribution in [3.8, 4) is 0 Å². The van der Waals surface area contributed by atoms with Crippen molar-refractivity contribution in [1.82, 2.24) is 10.3 Å². The molecule has 0 radical (unpaired) electrons. The normalized spacial score (nSPS) is 10.6. The first-order chi connectivity index (χ1) is 13.8. The number of hydrogen-bond donors (Lipinski definition) is 3. The van der Waals surface area contributed by atoms with Crippen molar-refractivity contribution in [2.45, 2.75) is 13.3 Å². The first-order valence-electron chi connectivity index (χ1n) is 8.82. The third-order valence-corrected chi connectivity index (χ3v) is 4.17. The largest absolute Gasteiger partial charge is 0.481 e. The number of carbonyl (C=O) groups is 3. The zero-order chi connectivity index (χ0) is 21.0. The van der Waals surface area contributed by atoms with Crippen LogP contribution in [0.2, 0.25) is 0 Å². The molecule has 3 rings (SSSR count). The molecule has 1 aromatic heterocycles. The average Bonchev–Trinajstić information content (AvgIpc) is 2.68. The first kappa shape index (κ1) is 19.9. The van der Waals surface area contributed by atoms with Crippen LogP contribution in [0.25, 0.3) is 10.9 Å². The lowest BCUT2D eigenvalue weighted by Crippen LogP contribution is -2.25. The number of nitrogens with one attached hydrogen (secondary N) is 2. The average molecular weight is 395 g/mol. The fourth-order valence-corrected chi connectivity index (χ4v) is 2.81. The number of amides is 2. The standard InChI is InChI=1S/C21H18FN3O4/c1-12-10-17(16-11-14(22)4-7-18(16)24-12)21(29)25-15-5-2-13(3-6-15)20(28)23-9-8-19(26)27/h2-7,10-11H,8-9H2,1H3,(H,23,28)(H,25,29)(H,26,27). The van der Waals surface area contributed by atoms with E-state index in [1.165, 1.54) is 30.3 Å². The van der Waals surface area contributed by atoms with E-state index in [0.29, 0.717) is 33.4 Å². The maximum Gasteiger partial charge on any atom is 0.305 e. The summed E-state index contributed by atoms with van der Waals surface area (Å²) in [7, 11) is 0. The summed E-state index contributed by atoms with van der Waals surface area (Å²) in [6.07, 6.45) is -0.167. The Labute approximate surface area is 165 Å². The monoisotopic (exact) mass is 395 g/mol. The molecule has 0 saturated carbocycles. The molecule has 0 unspecified atom stereocenters. The number of aliphatic carboxylic acids is 1. The van der Waals surface area contributed by atoms with Gasteiger partial charge in [-0.1, -0.05) is 0 Å². The van der Waals surface area contributed by atoms with Crippen LogP contribution in [-0.2, 0) is 4.79 Å². The van der Waals surface area contributed by atoms with Gasteiger partial charge in [0.25, 0.3) is 11.8 Å². The first-order valence-corrected chi connectivity index (χ1v) is 8.82. The Bertz CT molecular complexity index is 1100. The topological polar surface area (TPSA) is 108 Å². The van der Waals surface area contributed by atoms with E-state index in [1.807, 2.05) is 0 Å². The Morgan fingerprint density at radius 3 is 2.45 bits per heavy atom. The van der Waals surface area contributed by atoms with Gasteiger partial charge in [0.15, 0.2) is 0 Å². The number of nitrogens with zero attached hydrogens (tertiary/aromatic N) is 1. The van der Waals surface area contributed by atoms with Crippen LogP contribution in [0.15, 0.2) is 48.5 Å². The van der Waals surface area contributed by atoms with Crippen LogP contribution in [0.1, 0.15) is 32.8 Å². The van der Waals surface area contributed by atoms with Gasteiger partial charge < -0.3 is 15.7 Å². The third-order valence-electron chi connectivity index (χ3n) is 4.17. The Balaban J connectivity index is 1.75. The van der Waals surface area contributed by atoms with Gasteiger partial charge in [0, 0.05) is 28.9 Å². The van der Waals surface area contributed by atoms with Crippen molar-refractivity contribution in [2.75, 3.05) is 11.9 Å². The molecule has 3 aromatic rings. The van der Waals surface area contributed by atoms with E-state index in [9.17, 15) is 18.8 Å². The second-order valence-corrected chi connectivity index (χ2v) is 6.40. The van der Waals surface area contributed by atoms with E-state index in [1.54, 1.807) is 25.1 Å². The van der Waals surface area contributed by atoms with Crippen LogP contribution in [0.5, 0.6) is 0 Å². The number of aryl methyl sites for hydroxylation is 1. The molecular weight excluding hydrogens is 377 g/mol. The number of hydrogen-bond acceptors (Lipinski definition) is 4. The molecule has 2 aromatic carbocycles. The number of anilines is 1. The molecule has 8 heteroatoms. The minimum Gasteiger partial charge on any atom is -0.481 e. The molecule has 0 aliphatic carbocycles. The molecule has 148 valence electrons. The predicted octanol–water partition coefficient (Wildman–Crippen LogP) is 3.14. The highest BCUT2D eigenvalue weighted by atomic mass is 19.1. The third kappa shape index (κ3) is 4.92. The van der Waals surface area contributed by atoms with E-state index in [4.69, 9.17) is 5.11 Å². The molecule has 0 saturated heterocycles. The number of benzene rings is 2. The summed E-state index contributed by atoms with van der Waals surface area (Å²) in [5.41, 5.74) is 2.23. The van der Waals surface area contributed by atoms with E-state index < -0.39 is 23.6 Å². The summed E-state index contributed by atoms with van der Waals surface area (Å²) in [5, 5.41) is 14.2. The summed E-state index contributed by atoms with van der Waals surface area (Å²) in [5.74, 6) is -2.29. The van der Waals surface area contributed by atoms with Crippen LogP contribution in [0.4, 0.5) is 10.1 Å². The number of aromatic nitrogens is 1. The fourth-order valence-electron chi connectivity index (χ4n) is 2.81. The SMILES string of the molecule is Cc1cc(C(=O)Nc2ccc(C(=O)NCCC(=O)O)cc2)c2cc(F)ccc2n1. The van der Waals surface area contributed by atoms with Gasteiger partial charge in [-0.15, -0.1) is 0 Å². The molecule has 0 spiro atoms. The second kappa shape index (κ2) is 8.47. The van der Waals surface area contributed by atoms with Crippen LogP contribution >= 0.6 is 0 Å². The van der Waals surface area contributed by atoms with Crippen molar-refractivity contribution in [3.05, 3.63) is 71.2 Å². The van der Waals surface area contributed by atoms with E-state index in [-0.39, 0.29) is 13.0 Å². The van der Waals surface area contributed by atoms with Crippen LogP contribution in [0, 0.1) is 12.7 Å². The number of carbonyl (C=O) groups excluding carboxylic acids is 2. The molecular formula is C21H18FN3O4. The summed E-state index contributed by atoms with van der Waals surface area (Å²) in [4.78, 5) is 39.5. The predicted molar refractivity (Wildman–Crippen MR) is 105 cm³/mol. The molecule has 0 bridgehead atoms. The summed E-state index contributed by atoms with van der Waals surface area (Å²) < 4.78 is 13.6. The molecule has 0 atom stereocenters. The summed E-state index contributed by atoms with van der Waals surface area (Å²) in [6.45, 7) is 1.77. The molecule has 0 aliphatic rings. The van der Waals surface area contributed by atoms with Crippen LogP contribution in [-0.4, -0.2) is 34.4 Å². The molecule has 1 heterocycles. The lowest BCUT2D eigenvalue weighted by molar-refractivity contribution is -0.136. The lowest BCUT2D eigenvalue weighted by Gasteiger charge is -2.10. The number of carboxylic acids is 1. The zero-order valence-corrected chi connectivity index (χ0v) is 15.5. The van der Waals surface area contributed by atoms with Crippen LogP contribution < -0.4 is 10.6 Å². The maximum atomic E-state index is 13.6. The second-order valence-electron chi connectivity index (χ2n) is 6.40. The van der Waals surface area contributed by atoms with E-state index >= 15 is 0 Å². The number of halogens is 1. The summed E-state index contributed by atoms with van der Waals surface area (Å²) >= 11 is 0. The molecule has 29 heavy (non-hydrogen) atoms. The highest BCUT2D eigenvalue weighted by molar-refractivity contribution is 6.12. The highest BCUT2D eigenvalue weighted by Crippen LogP contribution is 2.21. The highest BCUT2D eigenvalue weighted by Gasteiger charge is 2.14. The van der Waals surface area contributed by atoms with Gasteiger partial charge in [-0.05, 0) is 55.5 Å². The van der Waals surface area contributed by atoms with Crippen molar-refractivity contribution >= 4 is 34.4 Å². The quantitative estimate of drug-likeness (QED) is 0.594. The summed E-state index contributed by atoms with van der Waals surface area (Å²) in [6, 6.07) is 11.8. The fraction of sp³-hybridized carbons (Fsp3) is 0.143. The van der Waals surface area contributed by atoms with Crippen molar-refractivity contribution in [3.63, 3.8) is 0 Å². The van der Waals surface area contributed by atoms with Crippen LogP contribution in [0.3, 0.4) is 0 Å². The Morgan fingerprint density at radius 1 is 1.03 bits per heavy atom. The number of pyridine rings is 1. The zero-order valence-electron chi connectivity index (χ0n) is 15.5. The minimum absolute atomic E-state index is 0.0255. The molecule has 0 aliphatic heterocycles. The maximum absolute atomic E-state index is 13.6. The molecule has 0 fully saturated rings. The Kier molecular flexibility index (Phi) is 5.82. The molecule has 7 nitrogen and oxygen atoms in total. The number of rotatable bonds is 6. The number of carboxylic acid groups (broad SMARTS) is 1. The Morgan fingerprint density at radius 2 is 1.76 bits per heavy atom. The van der Waals surface area contributed by atoms with Crippen molar-refractivity contribution in [2.24, 2.45) is 0 Å². The smallest absolute Gasteiger partial charge is 0.305 e. The van der Waals surface area contributed by atoms with Gasteiger partial charge >= 0.3 is 5.97 Å². The van der Waals surface area contributed by atoms with Gasteiger partial charge in [0.05, 0.1) is 17.5 Å². The number of fused-ring (bicyclic) bond motifs is 1. The van der Waals surface area contributed by atoms with E-state index in [0.717, 1.165) is 0 Å².